The van der Waals surface area contributed by atoms with Gasteiger partial charge >= 0.3 is 0 Å². The van der Waals surface area contributed by atoms with Crippen LogP contribution < -0.4 is 5.73 Å². The Morgan fingerprint density at radius 2 is 2.18 bits per heavy atom. The average molecular weight is 170 g/mol. The molecular formula is C8H8ClNO. The maximum Gasteiger partial charge on any atom is 0.254 e. The maximum absolute atomic E-state index is 10.7. The van der Waals surface area contributed by atoms with E-state index in [-0.39, 0.29) is 0 Å². The number of hydrogen-bond donors (Lipinski definition) is 1. The van der Waals surface area contributed by atoms with Crippen molar-refractivity contribution in [3.8, 4) is 0 Å². The number of rotatable bonds is 1. The number of nitrogen functional groups attached to an aromatic ring is 1. The van der Waals surface area contributed by atoms with Crippen LogP contribution in [0.4, 0.5) is 5.69 Å². The molecule has 58 valence electrons. The van der Waals surface area contributed by atoms with E-state index in [2.05, 4.69) is 0 Å². The molecule has 0 aliphatic carbocycles. The first-order valence-corrected chi connectivity index (χ1v) is 3.55. The molecule has 0 bridgehead atoms. The lowest BCUT2D eigenvalue weighted by molar-refractivity contribution is 0.108. The minimum absolute atomic E-state index is 0.381. The lowest BCUT2D eigenvalue weighted by Gasteiger charge is -2.02. The van der Waals surface area contributed by atoms with Crippen LogP contribution in [0.2, 0.25) is 0 Å². The summed E-state index contributed by atoms with van der Waals surface area (Å²) in [7, 11) is 0. The zero-order valence-corrected chi connectivity index (χ0v) is 6.85. The third-order valence-electron chi connectivity index (χ3n) is 1.54. The molecule has 0 radical (unpaired) electrons. The standard InChI is InChI=1S/C8H8ClNO/c1-5-3-2-4-6(7(5)10)8(9)11/h2-4H,10H2,1H3. The zero-order valence-electron chi connectivity index (χ0n) is 6.10. The minimum Gasteiger partial charge on any atom is -0.398 e. The van der Waals surface area contributed by atoms with Gasteiger partial charge in [-0.15, -0.1) is 0 Å². The third-order valence-corrected chi connectivity index (χ3v) is 1.74. The summed E-state index contributed by atoms with van der Waals surface area (Å²) in [6.07, 6.45) is 0. The van der Waals surface area contributed by atoms with Gasteiger partial charge in [0, 0.05) is 5.69 Å². The van der Waals surface area contributed by atoms with E-state index < -0.39 is 5.24 Å². The Morgan fingerprint density at radius 3 is 2.64 bits per heavy atom. The maximum atomic E-state index is 10.7. The quantitative estimate of drug-likeness (QED) is 0.516. The SMILES string of the molecule is Cc1cccc(C(=O)Cl)c1N. The van der Waals surface area contributed by atoms with E-state index >= 15 is 0 Å². The average Bonchev–Trinajstić information content (AvgIpc) is 1.94. The Morgan fingerprint density at radius 1 is 1.55 bits per heavy atom. The van der Waals surface area contributed by atoms with Gasteiger partial charge in [0.2, 0.25) is 0 Å². The van der Waals surface area contributed by atoms with E-state index in [4.69, 9.17) is 17.3 Å². The van der Waals surface area contributed by atoms with Crippen LogP contribution in [0.1, 0.15) is 15.9 Å². The number of aryl methyl sites for hydroxylation is 1. The largest absolute Gasteiger partial charge is 0.398 e. The Kier molecular flexibility index (Phi) is 2.15. The number of hydrogen-bond acceptors (Lipinski definition) is 2. The number of anilines is 1. The Hall–Kier alpha value is -1.02. The van der Waals surface area contributed by atoms with Crippen molar-refractivity contribution in [2.45, 2.75) is 6.92 Å². The fourth-order valence-corrected chi connectivity index (χ4v) is 1.02. The van der Waals surface area contributed by atoms with Crippen LogP contribution in [0.3, 0.4) is 0 Å². The summed E-state index contributed by atoms with van der Waals surface area (Å²) in [5, 5.41) is -0.508. The van der Waals surface area contributed by atoms with Crippen molar-refractivity contribution in [2.24, 2.45) is 0 Å². The monoisotopic (exact) mass is 169 g/mol. The molecular weight excluding hydrogens is 162 g/mol. The summed E-state index contributed by atoms with van der Waals surface area (Å²) in [6.45, 7) is 1.83. The second-order valence-corrected chi connectivity index (χ2v) is 2.65. The highest BCUT2D eigenvalue weighted by Crippen LogP contribution is 2.17. The molecule has 0 fully saturated rings. The van der Waals surface area contributed by atoms with Crippen LogP contribution >= 0.6 is 11.6 Å². The predicted octanol–water partition coefficient (Wildman–Crippen LogP) is 1.96. The molecule has 0 aliphatic heterocycles. The van der Waals surface area contributed by atoms with Crippen molar-refractivity contribution in [2.75, 3.05) is 5.73 Å². The van der Waals surface area contributed by atoms with Crippen molar-refractivity contribution >= 4 is 22.5 Å². The summed E-state index contributed by atoms with van der Waals surface area (Å²) in [6, 6.07) is 5.19. The van der Waals surface area contributed by atoms with Crippen LogP contribution in [-0.4, -0.2) is 5.24 Å². The topological polar surface area (TPSA) is 43.1 Å². The van der Waals surface area contributed by atoms with Gasteiger partial charge in [-0.3, -0.25) is 4.79 Å². The second-order valence-electron chi connectivity index (χ2n) is 2.31. The molecule has 2 N–H and O–H groups in total. The summed E-state index contributed by atoms with van der Waals surface area (Å²) in [5.41, 5.74) is 7.30. The van der Waals surface area contributed by atoms with Crippen molar-refractivity contribution < 1.29 is 4.79 Å². The van der Waals surface area contributed by atoms with Crippen molar-refractivity contribution in [3.05, 3.63) is 29.3 Å². The normalized spacial score (nSPS) is 9.64. The predicted molar refractivity (Wildman–Crippen MR) is 45.8 cm³/mol. The van der Waals surface area contributed by atoms with Gasteiger partial charge in [-0.1, -0.05) is 12.1 Å². The lowest BCUT2D eigenvalue weighted by Crippen LogP contribution is -1.99. The van der Waals surface area contributed by atoms with Gasteiger partial charge in [-0.2, -0.15) is 0 Å². The summed E-state index contributed by atoms with van der Waals surface area (Å²) in [5.74, 6) is 0. The number of para-hydroxylation sites is 1. The molecule has 0 spiro atoms. The number of halogens is 1. The first kappa shape index (κ1) is 8.08. The highest BCUT2D eigenvalue weighted by molar-refractivity contribution is 6.68. The molecule has 0 amide bonds. The first-order chi connectivity index (χ1) is 5.13. The van der Waals surface area contributed by atoms with E-state index in [0.717, 1.165) is 5.56 Å². The van der Waals surface area contributed by atoms with Crippen LogP contribution in [0.25, 0.3) is 0 Å². The van der Waals surface area contributed by atoms with E-state index in [1.165, 1.54) is 0 Å². The van der Waals surface area contributed by atoms with E-state index in [0.29, 0.717) is 11.3 Å². The van der Waals surface area contributed by atoms with Crippen molar-refractivity contribution in [1.29, 1.82) is 0 Å². The molecule has 0 saturated heterocycles. The molecule has 0 unspecified atom stereocenters. The summed E-state index contributed by atoms with van der Waals surface area (Å²) in [4.78, 5) is 10.7. The summed E-state index contributed by atoms with van der Waals surface area (Å²) >= 11 is 5.26. The number of benzene rings is 1. The molecule has 0 heterocycles. The molecule has 0 aliphatic rings. The second kappa shape index (κ2) is 2.93. The Bertz CT molecular complexity index is 296. The summed E-state index contributed by atoms with van der Waals surface area (Å²) < 4.78 is 0. The van der Waals surface area contributed by atoms with Crippen molar-refractivity contribution in [1.82, 2.24) is 0 Å². The molecule has 0 saturated carbocycles. The lowest BCUT2D eigenvalue weighted by atomic mass is 10.1. The van der Waals surface area contributed by atoms with Crippen LogP contribution in [0.15, 0.2) is 18.2 Å². The molecule has 2 nitrogen and oxygen atoms in total. The molecule has 1 aromatic carbocycles. The smallest absolute Gasteiger partial charge is 0.254 e. The molecule has 1 rings (SSSR count). The van der Waals surface area contributed by atoms with E-state index in [1.54, 1.807) is 12.1 Å². The Balaban J connectivity index is 3.27. The zero-order chi connectivity index (χ0) is 8.43. The Labute approximate surface area is 70.0 Å². The molecule has 3 heteroatoms. The van der Waals surface area contributed by atoms with Gasteiger partial charge in [0.1, 0.15) is 0 Å². The van der Waals surface area contributed by atoms with Gasteiger partial charge in [0.15, 0.2) is 0 Å². The van der Waals surface area contributed by atoms with Gasteiger partial charge in [0.25, 0.3) is 5.24 Å². The van der Waals surface area contributed by atoms with Crippen LogP contribution in [0, 0.1) is 6.92 Å². The van der Waals surface area contributed by atoms with Gasteiger partial charge in [-0.25, -0.2) is 0 Å². The first-order valence-electron chi connectivity index (χ1n) is 3.18. The molecule has 0 atom stereocenters. The highest BCUT2D eigenvalue weighted by atomic mass is 35.5. The highest BCUT2D eigenvalue weighted by Gasteiger charge is 2.06. The van der Waals surface area contributed by atoms with Crippen molar-refractivity contribution in [3.63, 3.8) is 0 Å². The molecule has 0 aromatic heterocycles. The number of carbonyl (C=O) groups excluding carboxylic acids is 1. The van der Waals surface area contributed by atoms with Crippen LogP contribution in [0.5, 0.6) is 0 Å². The minimum atomic E-state index is -0.508. The van der Waals surface area contributed by atoms with E-state index in [9.17, 15) is 4.79 Å². The fourth-order valence-electron chi connectivity index (χ4n) is 0.852. The van der Waals surface area contributed by atoms with Crippen LogP contribution in [-0.2, 0) is 0 Å². The van der Waals surface area contributed by atoms with Gasteiger partial charge in [-0.05, 0) is 30.2 Å². The molecule has 1 aromatic rings. The fraction of sp³-hybridized carbons (Fsp3) is 0.125. The number of carbonyl (C=O) groups is 1. The van der Waals surface area contributed by atoms with Gasteiger partial charge < -0.3 is 5.73 Å². The molecule has 11 heavy (non-hydrogen) atoms. The van der Waals surface area contributed by atoms with E-state index in [1.807, 2.05) is 13.0 Å². The van der Waals surface area contributed by atoms with Gasteiger partial charge in [0.05, 0.1) is 5.56 Å². The number of nitrogens with two attached hydrogens (primary N) is 1. The third kappa shape index (κ3) is 1.52.